The topological polar surface area (TPSA) is 60.2 Å². The van der Waals surface area contributed by atoms with Crippen LogP contribution >= 0.6 is 0 Å². The van der Waals surface area contributed by atoms with Gasteiger partial charge in [0.1, 0.15) is 9.84 Å². The molecule has 0 aliphatic heterocycles. The third kappa shape index (κ3) is 4.77. The summed E-state index contributed by atoms with van der Waals surface area (Å²) in [5, 5.41) is 0. The summed E-state index contributed by atoms with van der Waals surface area (Å²) in [6.07, 6.45) is 2.77. The monoisotopic (exact) mass is 241 g/mol. The van der Waals surface area contributed by atoms with Gasteiger partial charge in [-0.05, 0) is 30.9 Å². The smallest absolute Gasteiger partial charge is 0.147 e. The first-order valence-electron chi connectivity index (χ1n) is 5.45. The highest BCUT2D eigenvalue weighted by molar-refractivity contribution is 7.90. The average Bonchev–Trinajstić information content (AvgIpc) is 2.24. The van der Waals surface area contributed by atoms with E-state index in [1.54, 1.807) is 0 Å². The fourth-order valence-corrected chi connectivity index (χ4v) is 2.43. The highest BCUT2D eigenvalue weighted by Gasteiger charge is 2.10. The minimum atomic E-state index is -2.85. The number of hydrogen-bond acceptors (Lipinski definition) is 3. The lowest BCUT2D eigenvalue weighted by Gasteiger charge is -2.14. The Bertz CT molecular complexity index is 400. The van der Waals surface area contributed by atoms with Gasteiger partial charge in [-0.1, -0.05) is 30.3 Å². The standard InChI is InChI=1S/C12H19NO2S/c1-16(14,15)9-5-8-12(10-13)11-6-3-2-4-7-11/h2-4,6-7,12H,5,8-10,13H2,1H3. The summed E-state index contributed by atoms with van der Waals surface area (Å²) >= 11 is 0. The Balaban J connectivity index is 2.51. The molecule has 0 aliphatic carbocycles. The second-order valence-corrected chi connectivity index (χ2v) is 6.38. The lowest BCUT2D eigenvalue weighted by Crippen LogP contribution is -2.14. The number of benzene rings is 1. The van der Waals surface area contributed by atoms with Crippen LogP contribution in [0, 0.1) is 0 Å². The molecule has 1 unspecified atom stereocenters. The molecule has 0 fully saturated rings. The Labute approximate surface area is 97.6 Å². The van der Waals surface area contributed by atoms with Crippen molar-refractivity contribution in [2.75, 3.05) is 18.6 Å². The summed E-state index contributed by atoms with van der Waals surface area (Å²) in [5.41, 5.74) is 6.90. The summed E-state index contributed by atoms with van der Waals surface area (Å²) < 4.78 is 22.0. The van der Waals surface area contributed by atoms with Gasteiger partial charge in [-0.3, -0.25) is 0 Å². The molecule has 1 atom stereocenters. The van der Waals surface area contributed by atoms with E-state index in [1.165, 1.54) is 11.8 Å². The van der Waals surface area contributed by atoms with Gasteiger partial charge in [-0.2, -0.15) is 0 Å². The SMILES string of the molecule is CS(=O)(=O)CCCC(CN)c1ccccc1. The molecule has 0 aliphatic rings. The van der Waals surface area contributed by atoms with E-state index in [1.807, 2.05) is 30.3 Å². The fraction of sp³-hybridized carbons (Fsp3) is 0.500. The van der Waals surface area contributed by atoms with Crippen LogP contribution in [0.4, 0.5) is 0 Å². The summed E-state index contributed by atoms with van der Waals surface area (Å²) in [4.78, 5) is 0. The third-order valence-electron chi connectivity index (χ3n) is 2.62. The molecule has 1 aromatic rings. The quantitative estimate of drug-likeness (QED) is 0.822. The first-order valence-corrected chi connectivity index (χ1v) is 7.51. The summed E-state index contributed by atoms with van der Waals surface area (Å²) in [6.45, 7) is 0.563. The van der Waals surface area contributed by atoms with E-state index in [9.17, 15) is 8.42 Å². The van der Waals surface area contributed by atoms with E-state index in [-0.39, 0.29) is 11.7 Å². The van der Waals surface area contributed by atoms with Gasteiger partial charge in [0.2, 0.25) is 0 Å². The van der Waals surface area contributed by atoms with Crippen LogP contribution in [-0.2, 0) is 9.84 Å². The first kappa shape index (κ1) is 13.2. The summed E-state index contributed by atoms with van der Waals surface area (Å²) in [7, 11) is -2.85. The molecule has 0 radical (unpaired) electrons. The van der Waals surface area contributed by atoms with Gasteiger partial charge in [0.25, 0.3) is 0 Å². The lowest BCUT2D eigenvalue weighted by atomic mass is 9.95. The number of rotatable bonds is 6. The zero-order valence-electron chi connectivity index (χ0n) is 9.59. The first-order chi connectivity index (χ1) is 7.53. The van der Waals surface area contributed by atoms with Gasteiger partial charge in [0.05, 0.1) is 0 Å². The van der Waals surface area contributed by atoms with E-state index < -0.39 is 9.84 Å². The molecule has 0 bridgehead atoms. The number of hydrogen-bond donors (Lipinski definition) is 1. The second kappa shape index (κ2) is 6.01. The Morgan fingerprint density at radius 2 is 1.88 bits per heavy atom. The number of sulfone groups is 1. The van der Waals surface area contributed by atoms with Crippen LogP contribution in [0.2, 0.25) is 0 Å². The van der Waals surface area contributed by atoms with E-state index in [0.717, 1.165) is 6.42 Å². The summed E-state index contributed by atoms with van der Waals surface area (Å²) in [5.74, 6) is 0.513. The molecule has 90 valence electrons. The molecule has 16 heavy (non-hydrogen) atoms. The second-order valence-electron chi connectivity index (χ2n) is 4.12. The van der Waals surface area contributed by atoms with Gasteiger partial charge >= 0.3 is 0 Å². The van der Waals surface area contributed by atoms with Crippen LogP contribution < -0.4 is 5.73 Å². The van der Waals surface area contributed by atoms with Crippen LogP contribution in [0.25, 0.3) is 0 Å². The molecule has 0 aromatic heterocycles. The molecular formula is C12H19NO2S. The van der Waals surface area contributed by atoms with E-state index >= 15 is 0 Å². The molecule has 3 nitrogen and oxygen atoms in total. The Hall–Kier alpha value is -0.870. The molecule has 0 heterocycles. The zero-order valence-corrected chi connectivity index (χ0v) is 10.4. The van der Waals surface area contributed by atoms with Crippen molar-refractivity contribution in [3.63, 3.8) is 0 Å². The Morgan fingerprint density at radius 1 is 1.25 bits per heavy atom. The molecule has 0 saturated carbocycles. The predicted molar refractivity (Wildman–Crippen MR) is 67.2 cm³/mol. The third-order valence-corrected chi connectivity index (χ3v) is 3.65. The van der Waals surface area contributed by atoms with Gasteiger partial charge in [0, 0.05) is 12.0 Å². The molecule has 4 heteroatoms. The molecule has 2 N–H and O–H groups in total. The van der Waals surface area contributed by atoms with Crippen LogP contribution in [-0.4, -0.2) is 27.0 Å². The maximum absolute atomic E-state index is 11.0. The van der Waals surface area contributed by atoms with Gasteiger partial charge < -0.3 is 5.73 Å². The van der Waals surface area contributed by atoms with Crippen LogP contribution in [0.3, 0.4) is 0 Å². The lowest BCUT2D eigenvalue weighted by molar-refractivity contribution is 0.584. The molecule has 0 spiro atoms. The van der Waals surface area contributed by atoms with Gasteiger partial charge in [-0.15, -0.1) is 0 Å². The average molecular weight is 241 g/mol. The van der Waals surface area contributed by atoms with E-state index in [0.29, 0.717) is 13.0 Å². The van der Waals surface area contributed by atoms with Crippen molar-refractivity contribution in [2.45, 2.75) is 18.8 Å². The summed E-state index contributed by atoms with van der Waals surface area (Å²) in [6, 6.07) is 10.0. The van der Waals surface area contributed by atoms with Crippen molar-refractivity contribution in [3.05, 3.63) is 35.9 Å². The molecule has 1 rings (SSSR count). The van der Waals surface area contributed by atoms with Gasteiger partial charge in [-0.25, -0.2) is 8.42 Å². The molecule has 0 saturated heterocycles. The maximum atomic E-state index is 11.0. The van der Waals surface area contributed by atoms with Crippen LogP contribution in [0.15, 0.2) is 30.3 Å². The predicted octanol–water partition coefficient (Wildman–Crippen LogP) is 1.55. The van der Waals surface area contributed by atoms with Crippen molar-refractivity contribution >= 4 is 9.84 Å². The van der Waals surface area contributed by atoms with Crippen molar-refractivity contribution in [3.8, 4) is 0 Å². The van der Waals surface area contributed by atoms with Crippen molar-refractivity contribution in [2.24, 2.45) is 5.73 Å². The van der Waals surface area contributed by atoms with E-state index in [4.69, 9.17) is 5.73 Å². The zero-order chi connectivity index (χ0) is 12.0. The van der Waals surface area contributed by atoms with Crippen molar-refractivity contribution < 1.29 is 8.42 Å². The number of nitrogens with two attached hydrogens (primary N) is 1. The Morgan fingerprint density at radius 3 is 2.38 bits per heavy atom. The van der Waals surface area contributed by atoms with E-state index in [2.05, 4.69) is 0 Å². The van der Waals surface area contributed by atoms with Crippen LogP contribution in [0.5, 0.6) is 0 Å². The van der Waals surface area contributed by atoms with Crippen molar-refractivity contribution in [1.82, 2.24) is 0 Å². The molecule has 0 amide bonds. The maximum Gasteiger partial charge on any atom is 0.147 e. The Kier molecular flexibility index (Phi) is 4.96. The highest BCUT2D eigenvalue weighted by Crippen LogP contribution is 2.19. The molecule has 1 aromatic carbocycles. The minimum absolute atomic E-state index is 0.246. The van der Waals surface area contributed by atoms with Gasteiger partial charge in [0.15, 0.2) is 0 Å². The molecular weight excluding hydrogens is 222 g/mol. The minimum Gasteiger partial charge on any atom is -0.330 e. The highest BCUT2D eigenvalue weighted by atomic mass is 32.2. The van der Waals surface area contributed by atoms with Crippen molar-refractivity contribution in [1.29, 1.82) is 0 Å². The largest absolute Gasteiger partial charge is 0.330 e. The fourth-order valence-electron chi connectivity index (χ4n) is 1.74. The normalized spacial score (nSPS) is 13.6. The van der Waals surface area contributed by atoms with Crippen LogP contribution in [0.1, 0.15) is 24.3 Å².